The molecule has 0 atom stereocenters. The molecule has 3 aromatic carbocycles. The van der Waals surface area contributed by atoms with Gasteiger partial charge in [-0.3, -0.25) is 14.2 Å². The Morgan fingerprint density at radius 3 is 2.31 bits per heavy atom. The molecule has 0 aliphatic carbocycles. The predicted octanol–water partition coefficient (Wildman–Crippen LogP) is 3.14. The first-order valence-corrected chi connectivity index (χ1v) is 12.4. The summed E-state index contributed by atoms with van der Waals surface area (Å²) in [5.74, 6) is -0.710. The van der Waals surface area contributed by atoms with Gasteiger partial charge >= 0.3 is 0 Å². The van der Waals surface area contributed by atoms with Crippen molar-refractivity contribution in [3.8, 4) is 5.75 Å². The number of nitrogens with one attached hydrogen (secondary N) is 3. The highest BCUT2D eigenvalue weighted by atomic mass is 35.5. The quantitative estimate of drug-likeness (QED) is 0.389. The lowest BCUT2D eigenvalue weighted by Gasteiger charge is -2.13. The number of carbonyl (C=O) groups is 1. The summed E-state index contributed by atoms with van der Waals surface area (Å²) in [5.41, 5.74) is 0.934. The number of anilines is 3. The van der Waals surface area contributed by atoms with Crippen molar-refractivity contribution in [2.24, 2.45) is 0 Å². The number of phenolic OH excluding ortho intramolecular Hbond substituents is 1. The molecule has 1 aliphatic rings. The first kappa shape index (κ1) is 21.9. The maximum absolute atomic E-state index is 12.8. The van der Waals surface area contributed by atoms with Gasteiger partial charge in [-0.25, -0.2) is 16.8 Å². The lowest BCUT2D eigenvalue weighted by Crippen LogP contribution is -2.16. The summed E-state index contributed by atoms with van der Waals surface area (Å²) in [7, 11) is -8.29. The van der Waals surface area contributed by atoms with E-state index in [0.717, 1.165) is 18.2 Å². The van der Waals surface area contributed by atoms with Crippen molar-refractivity contribution in [2.45, 2.75) is 16.2 Å². The molecule has 0 spiro atoms. The maximum Gasteiger partial charge on any atom is 0.262 e. The van der Waals surface area contributed by atoms with E-state index in [9.17, 15) is 26.7 Å². The standard InChI is InChI=1S/C20H16ClN3O6S2/c21-13-2-1-3-14(10-13)23-31(27,28)16-5-7-19(25)18(11-16)24-32(29,30)15-4-6-17-12(8-15)9-20(26)22-17/h1-8,10-11,23-25H,9H2,(H,22,26). The van der Waals surface area contributed by atoms with Gasteiger partial charge in [0.15, 0.2) is 0 Å². The van der Waals surface area contributed by atoms with Gasteiger partial charge in [-0.15, -0.1) is 0 Å². The highest BCUT2D eigenvalue weighted by Crippen LogP contribution is 2.31. The number of aromatic hydroxyl groups is 1. The van der Waals surface area contributed by atoms with Crippen LogP contribution in [-0.2, 0) is 31.3 Å². The van der Waals surface area contributed by atoms with Crippen molar-refractivity contribution < 1.29 is 26.7 Å². The second-order valence-electron chi connectivity index (χ2n) is 6.94. The normalized spacial score (nSPS) is 13.3. The van der Waals surface area contributed by atoms with Gasteiger partial charge in [0, 0.05) is 10.7 Å². The summed E-state index contributed by atoms with van der Waals surface area (Å²) >= 11 is 5.87. The van der Waals surface area contributed by atoms with Crippen LogP contribution in [0.3, 0.4) is 0 Å². The Kier molecular flexibility index (Phi) is 5.49. The summed E-state index contributed by atoms with van der Waals surface area (Å²) in [6.45, 7) is 0. The second kappa shape index (κ2) is 8.01. The summed E-state index contributed by atoms with van der Waals surface area (Å²) < 4.78 is 55.6. The SMILES string of the molecule is O=C1Cc2cc(S(=O)(=O)Nc3cc(S(=O)(=O)Nc4cccc(Cl)c4)ccc3O)ccc2N1. The van der Waals surface area contributed by atoms with E-state index in [-0.39, 0.29) is 33.5 Å². The molecule has 0 aromatic heterocycles. The van der Waals surface area contributed by atoms with Crippen LogP contribution in [-0.4, -0.2) is 27.8 Å². The Morgan fingerprint density at radius 1 is 0.875 bits per heavy atom. The van der Waals surface area contributed by atoms with Crippen molar-refractivity contribution in [3.05, 3.63) is 71.2 Å². The van der Waals surface area contributed by atoms with Gasteiger partial charge in [-0.05, 0) is 60.2 Å². The first-order chi connectivity index (χ1) is 15.0. The van der Waals surface area contributed by atoms with Crippen LogP contribution in [0, 0.1) is 0 Å². The first-order valence-electron chi connectivity index (χ1n) is 9.10. The van der Waals surface area contributed by atoms with E-state index in [4.69, 9.17) is 11.6 Å². The van der Waals surface area contributed by atoms with Crippen LogP contribution in [0.5, 0.6) is 5.75 Å². The smallest absolute Gasteiger partial charge is 0.262 e. The summed E-state index contributed by atoms with van der Waals surface area (Å²) in [6, 6.07) is 13.4. The number of benzene rings is 3. The molecule has 0 radical (unpaired) electrons. The van der Waals surface area contributed by atoms with E-state index in [1.165, 1.54) is 30.3 Å². The second-order valence-corrected chi connectivity index (χ2v) is 10.7. The van der Waals surface area contributed by atoms with Gasteiger partial charge in [0.2, 0.25) is 5.91 Å². The molecule has 4 rings (SSSR count). The van der Waals surface area contributed by atoms with Crippen LogP contribution < -0.4 is 14.8 Å². The number of fused-ring (bicyclic) bond motifs is 1. The topological polar surface area (TPSA) is 142 Å². The van der Waals surface area contributed by atoms with Gasteiger partial charge in [0.25, 0.3) is 20.0 Å². The number of rotatable bonds is 6. The average Bonchev–Trinajstić information content (AvgIpc) is 3.08. The Morgan fingerprint density at radius 2 is 1.56 bits per heavy atom. The number of carbonyl (C=O) groups excluding carboxylic acids is 1. The number of amides is 1. The number of halogens is 1. The van der Waals surface area contributed by atoms with Gasteiger partial charge < -0.3 is 10.4 Å². The predicted molar refractivity (Wildman–Crippen MR) is 120 cm³/mol. The Hall–Kier alpha value is -3.28. The summed E-state index contributed by atoms with van der Waals surface area (Å²) in [5, 5.41) is 13.0. The fourth-order valence-electron chi connectivity index (χ4n) is 3.11. The van der Waals surface area contributed by atoms with Crippen molar-refractivity contribution in [1.29, 1.82) is 0 Å². The Labute approximate surface area is 189 Å². The van der Waals surface area contributed by atoms with Crippen LogP contribution in [0.1, 0.15) is 5.56 Å². The average molecular weight is 494 g/mol. The molecule has 9 nitrogen and oxygen atoms in total. The van der Waals surface area contributed by atoms with Gasteiger partial charge in [0.05, 0.1) is 27.6 Å². The van der Waals surface area contributed by atoms with Crippen LogP contribution in [0.4, 0.5) is 17.1 Å². The van der Waals surface area contributed by atoms with Gasteiger partial charge in [-0.1, -0.05) is 17.7 Å². The molecule has 12 heteroatoms. The van der Waals surface area contributed by atoms with Crippen molar-refractivity contribution in [3.63, 3.8) is 0 Å². The number of sulfonamides is 2. The van der Waals surface area contributed by atoms with E-state index >= 15 is 0 Å². The lowest BCUT2D eigenvalue weighted by molar-refractivity contribution is -0.115. The third kappa shape index (κ3) is 4.49. The fourth-order valence-corrected chi connectivity index (χ4v) is 5.49. The van der Waals surface area contributed by atoms with Crippen molar-refractivity contribution >= 4 is 54.6 Å². The van der Waals surface area contributed by atoms with E-state index in [1.54, 1.807) is 12.1 Å². The molecule has 3 aromatic rings. The minimum absolute atomic E-state index is 0.0485. The molecule has 0 saturated carbocycles. The highest BCUT2D eigenvalue weighted by molar-refractivity contribution is 7.93. The number of hydrogen-bond acceptors (Lipinski definition) is 6. The highest BCUT2D eigenvalue weighted by Gasteiger charge is 2.24. The maximum atomic E-state index is 12.8. The van der Waals surface area contributed by atoms with Crippen LogP contribution in [0.15, 0.2) is 70.5 Å². The molecule has 4 N–H and O–H groups in total. The lowest BCUT2D eigenvalue weighted by atomic mass is 10.2. The molecule has 166 valence electrons. The minimum Gasteiger partial charge on any atom is -0.506 e. The van der Waals surface area contributed by atoms with E-state index in [2.05, 4.69) is 14.8 Å². The van der Waals surface area contributed by atoms with Gasteiger partial charge in [0.1, 0.15) is 5.75 Å². The van der Waals surface area contributed by atoms with Crippen LogP contribution in [0.25, 0.3) is 0 Å². The molecule has 1 aliphatic heterocycles. The molecule has 0 fully saturated rings. The minimum atomic E-state index is -4.18. The van der Waals surface area contributed by atoms with E-state index in [1.807, 2.05) is 0 Å². The summed E-state index contributed by atoms with van der Waals surface area (Å²) in [6.07, 6.45) is 0.0485. The summed E-state index contributed by atoms with van der Waals surface area (Å²) in [4.78, 5) is 11.1. The number of phenols is 1. The van der Waals surface area contributed by atoms with Crippen molar-refractivity contribution in [2.75, 3.05) is 14.8 Å². The molecule has 0 saturated heterocycles. The van der Waals surface area contributed by atoms with Crippen LogP contribution >= 0.6 is 11.6 Å². The molecule has 32 heavy (non-hydrogen) atoms. The largest absolute Gasteiger partial charge is 0.506 e. The number of hydrogen-bond donors (Lipinski definition) is 4. The molecule has 1 amide bonds. The Bertz CT molecular complexity index is 1460. The third-order valence-corrected chi connectivity index (χ3v) is 7.59. The molecule has 1 heterocycles. The monoisotopic (exact) mass is 493 g/mol. The van der Waals surface area contributed by atoms with E-state index in [0.29, 0.717) is 16.3 Å². The zero-order chi connectivity index (χ0) is 23.1. The van der Waals surface area contributed by atoms with Crippen LogP contribution in [0.2, 0.25) is 5.02 Å². The molecule has 0 unspecified atom stereocenters. The fraction of sp³-hybridized carbons (Fsp3) is 0.0500. The van der Waals surface area contributed by atoms with Crippen molar-refractivity contribution in [1.82, 2.24) is 0 Å². The Balaban J connectivity index is 1.63. The third-order valence-electron chi connectivity index (χ3n) is 4.61. The van der Waals surface area contributed by atoms with Gasteiger partial charge in [-0.2, -0.15) is 0 Å². The molecular formula is C20H16ClN3O6S2. The van der Waals surface area contributed by atoms with E-state index < -0.39 is 25.8 Å². The molecular weight excluding hydrogens is 478 g/mol. The zero-order valence-electron chi connectivity index (χ0n) is 16.2. The molecule has 0 bridgehead atoms. The zero-order valence-corrected chi connectivity index (χ0v) is 18.6.